The van der Waals surface area contributed by atoms with Gasteiger partial charge in [-0.05, 0) is 30.1 Å². The molecule has 0 amide bonds. The SMILES string of the molecule is CC1(C)CC(Nc2nc(F)c(F)cc2F)CC(C)(C)C1. The van der Waals surface area contributed by atoms with E-state index in [2.05, 4.69) is 38.0 Å². The number of hydrogen-bond acceptors (Lipinski definition) is 2. The Morgan fingerprint density at radius 1 is 1.05 bits per heavy atom. The summed E-state index contributed by atoms with van der Waals surface area (Å²) < 4.78 is 39.6. The smallest absolute Gasteiger partial charge is 0.251 e. The minimum absolute atomic E-state index is 0.000566. The van der Waals surface area contributed by atoms with Gasteiger partial charge in [0, 0.05) is 12.1 Å². The molecule has 1 fully saturated rings. The molecule has 0 radical (unpaired) electrons. The number of pyridine rings is 1. The molecular weight excluding hydrogens is 265 g/mol. The van der Waals surface area contributed by atoms with Crippen molar-refractivity contribution in [1.29, 1.82) is 0 Å². The summed E-state index contributed by atoms with van der Waals surface area (Å²) in [6.07, 6.45) is 2.76. The molecule has 0 atom stereocenters. The molecule has 5 heteroatoms. The second-order valence-corrected chi connectivity index (χ2v) is 7.35. The fourth-order valence-electron chi connectivity index (χ4n) is 3.69. The van der Waals surface area contributed by atoms with Gasteiger partial charge in [-0.25, -0.2) is 8.78 Å². The van der Waals surface area contributed by atoms with Crippen LogP contribution in [0.3, 0.4) is 0 Å². The van der Waals surface area contributed by atoms with Crippen LogP contribution >= 0.6 is 0 Å². The second-order valence-electron chi connectivity index (χ2n) is 7.35. The third-order valence-electron chi connectivity index (χ3n) is 3.78. The Morgan fingerprint density at radius 2 is 1.60 bits per heavy atom. The summed E-state index contributed by atoms with van der Waals surface area (Å²) >= 11 is 0. The molecule has 1 aromatic heterocycles. The molecule has 0 spiro atoms. The fourth-order valence-corrected chi connectivity index (χ4v) is 3.69. The van der Waals surface area contributed by atoms with Gasteiger partial charge in [-0.1, -0.05) is 27.7 Å². The van der Waals surface area contributed by atoms with Crippen LogP contribution < -0.4 is 5.32 Å². The zero-order valence-electron chi connectivity index (χ0n) is 12.4. The Bertz CT molecular complexity index is 496. The highest BCUT2D eigenvalue weighted by Crippen LogP contribution is 2.46. The number of halogens is 3. The Balaban J connectivity index is 2.19. The van der Waals surface area contributed by atoms with Gasteiger partial charge in [0.2, 0.25) is 0 Å². The van der Waals surface area contributed by atoms with Crippen molar-refractivity contribution < 1.29 is 13.2 Å². The van der Waals surface area contributed by atoms with E-state index in [0.717, 1.165) is 19.3 Å². The lowest BCUT2D eigenvalue weighted by molar-refractivity contribution is 0.105. The highest BCUT2D eigenvalue weighted by Gasteiger charge is 2.38. The molecule has 1 N–H and O–H groups in total. The Labute approximate surface area is 117 Å². The summed E-state index contributed by atoms with van der Waals surface area (Å²) in [6, 6.07) is 0.532. The van der Waals surface area contributed by atoms with Crippen molar-refractivity contribution >= 4 is 5.82 Å². The molecule has 112 valence electrons. The number of nitrogens with zero attached hydrogens (tertiary/aromatic N) is 1. The maximum atomic E-state index is 13.6. The third-order valence-corrected chi connectivity index (χ3v) is 3.78. The van der Waals surface area contributed by atoms with E-state index in [-0.39, 0.29) is 22.7 Å². The van der Waals surface area contributed by atoms with E-state index in [1.807, 2.05) is 0 Å². The summed E-state index contributed by atoms with van der Waals surface area (Å²) in [7, 11) is 0. The number of nitrogens with one attached hydrogen (secondary N) is 1. The van der Waals surface area contributed by atoms with Gasteiger partial charge in [-0.2, -0.15) is 9.37 Å². The first-order valence-corrected chi connectivity index (χ1v) is 6.86. The zero-order chi connectivity index (χ0) is 15.1. The van der Waals surface area contributed by atoms with Crippen LogP contribution in [0.5, 0.6) is 0 Å². The Hall–Kier alpha value is -1.26. The first kappa shape index (κ1) is 15.1. The molecule has 2 nitrogen and oxygen atoms in total. The van der Waals surface area contributed by atoms with Crippen molar-refractivity contribution in [1.82, 2.24) is 4.98 Å². The van der Waals surface area contributed by atoms with Gasteiger partial charge < -0.3 is 5.32 Å². The first-order valence-electron chi connectivity index (χ1n) is 6.86. The molecule has 1 aliphatic carbocycles. The third kappa shape index (κ3) is 3.44. The molecule has 0 saturated heterocycles. The van der Waals surface area contributed by atoms with Crippen LogP contribution in [0.2, 0.25) is 0 Å². The molecule has 0 aliphatic heterocycles. The standard InChI is InChI=1S/C15H21F3N2/c1-14(2)6-9(7-15(3,4)8-14)19-13-11(17)5-10(16)12(18)20-13/h5,9H,6-8H2,1-4H3,(H,19,20). The molecule has 0 unspecified atom stereocenters. The summed E-state index contributed by atoms with van der Waals surface area (Å²) in [4.78, 5) is 3.33. The molecule has 1 aliphatic rings. The Kier molecular flexibility index (Phi) is 3.73. The van der Waals surface area contributed by atoms with E-state index in [0.29, 0.717) is 6.07 Å². The zero-order valence-corrected chi connectivity index (χ0v) is 12.4. The van der Waals surface area contributed by atoms with E-state index < -0.39 is 17.6 Å². The molecule has 1 saturated carbocycles. The largest absolute Gasteiger partial charge is 0.365 e. The van der Waals surface area contributed by atoms with Gasteiger partial charge >= 0.3 is 0 Å². The van der Waals surface area contributed by atoms with Gasteiger partial charge in [-0.3, -0.25) is 0 Å². The lowest BCUT2D eigenvalue weighted by Gasteiger charge is -2.45. The average molecular weight is 286 g/mol. The van der Waals surface area contributed by atoms with Gasteiger partial charge in [0.1, 0.15) is 0 Å². The lowest BCUT2D eigenvalue weighted by Crippen LogP contribution is -2.40. The molecule has 1 heterocycles. The van der Waals surface area contributed by atoms with Crippen LogP contribution in [0.1, 0.15) is 47.0 Å². The fraction of sp³-hybridized carbons (Fsp3) is 0.667. The molecule has 0 bridgehead atoms. The molecular formula is C15H21F3N2. The van der Waals surface area contributed by atoms with E-state index in [4.69, 9.17) is 0 Å². The summed E-state index contributed by atoms with van der Waals surface area (Å²) in [5, 5.41) is 2.94. The van der Waals surface area contributed by atoms with Crippen LogP contribution in [0.25, 0.3) is 0 Å². The maximum Gasteiger partial charge on any atom is 0.251 e. The van der Waals surface area contributed by atoms with E-state index in [1.165, 1.54) is 0 Å². The van der Waals surface area contributed by atoms with Gasteiger partial charge in [-0.15, -0.1) is 0 Å². The molecule has 0 aromatic carbocycles. The topological polar surface area (TPSA) is 24.9 Å². The molecule has 1 aromatic rings. The predicted octanol–water partition coefficient (Wildman–Crippen LogP) is 4.52. The van der Waals surface area contributed by atoms with Crippen molar-refractivity contribution in [2.75, 3.05) is 5.32 Å². The van der Waals surface area contributed by atoms with Crippen molar-refractivity contribution in [3.05, 3.63) is 23.6 Å². The van der Waals surface area contributed by atoms with Crippen LogP contribution in [-0.4, -0.2) is 11.0 Å². The Morgan fingerprint density at radius 3 is 2.15 bits per heavy atom. The average Bonchev–Trinajstić information content (AvgIpc) is 2.21. The van der Waals surface area contributed by atoms with Crippen molar-refractivity contribution in [2.45, 2.75) is 53.0 Å². The number of hydrogen-bond donors (Lipinski definition) is 1. The van der Waals surface area contributed by atoms with E-state index >= 15 is 0 Å². The minimum Gasteiger partial charge on any atom is -0.365 e. The maximum absolute atomic E-state index is 13.6. The van der Waals surface area contributed by atoms with Crippen LogP contribution in [0, 0.1) is 28.4 Å². The van der Waals surface area contributed by atoms with E-state index in [1.54, 1.807) is 0 Å². The number of rotatable bonds is 2. The molecule has 2 rings (SSSR count). The van der Waals surface area contributed by atoms with Crippen LogP contribution in [0.4, 0.5) is 19.0 Å². The summed E-state index contributed by atoms with van der Waals surface area (Å²) in [5.74, 6) is -3.60. The monoisotopic (exact) mass is 286 g/mol. The van der Waals surface area contributed by atoms with E-state index in [9.17, 15) is 13.2 Å². The first-order chi connectivity index (χ1) is 9.08. The normalized spacial score (nSPS) is 21.8. The number of anilines is 1. The van der Waals surface area contributed by atoms with Crippen molar-refractivity contribution in [3.63, 3.8) is 0 Å². The van der Waals surface area contributed by atoms with Crippen molar-refractivity contribution in [2.24, 2.45) is 10.8 Å². The van der Waals surface area contributed by atoms with Crippen molar-refractivity contribution in [3.8, 4) is 0 Å². The summed E-state index contributed by atoms with van der Waals surface area (Å²) in [5.41, 5.74) is 0.239. The summed E-state index contributed by atoms with van der Waals surface area (Å²) in [6.45, 7) is 8.66. The van der Waals surface area contributed by atoms with Gasteiger partial charge in [0.25, 0.3) is 5.95 Å². The quantitative estimate of drug-likeness (QED) is 0.809. The number of aromatic nitrogens is 1. The lowest BCUT2D eigenvalue weighted by atomic mass is 9.63. The van der Waals surface area contributed by atoms with Gasteiger partial charge in [0.15, 0.2) is 17.5 Å². The van der Waals surface area contributed by atoms with Crippen LogP contribution in [-0.2, 0) is 0 Å². The predicted molar refractivity (Wildman–Crippen MR) is 72.9 cm³/mol. The minimum atomic E-state index is -1.27. The molecule has 20 heavy (non-hydrogen) atoms. The highest BCUT2D eigenvalue weighted by molar-refractivity contribution is 5.37. The van der Waals surface area contributed by atoms with Crippen LogP contribution in [0.15, 0.2) is 6.07 Å². The second kappa shape index (κ2) is 4.93. The van der Waals surface area contributed by atoms with Gasteiger partial charge in [0.05, 0.1) is 0 Å². The highest BCUT2D eigenvalue weighted by atomic mass is 19.2.